The van der Waals surface area contributed by atoms with E-state index in [2.05, 4.69) is 10.3 Å². The van der Waals surface area contributed by atoms with E-state index in [1.54, 1.807) is 18.0 Å². The lowest BCUT2D eigenvalue weighted by Gasteiger charge is -2.20. The third-order valence-electron chi connectivity index (χ3n) is 2.05. The fraction of sp³-hybridized carbons (Fsp3) is 0.455. The number of halogens is 1. The lowest BCUT2D eigenvalue weighted by atomic mass is 10.3. The molecule has 0 fully saturated rings. The van der Waals surface area contributed by atoms with E-state index >= 15 is 0 Å². The molecule has 1 amide bonds. The number of carbonyl (C=O) groups is 1. The molecule has 0 aliphatic heterocycles. The molecule has 0 aromatic carbocycles. The Labute approximate surface area is 106 Å². The van der Waals surface area contributed by atoms with Gasteiger partial charge in [0.1, 0.15) is 0 Å². The third-order valence-corrected chi connectivity index (χ3v) is 2.26. The summed E-state index contributed by atoms with van der Waals surface area (Å²) in [6.45, 7) is 4.02. The molecular formula is C11H17ClN4O. The number of hydrogen-bond donors (Lipinski definition) is 2. The lowest BCUT2D eigenvalue weighted by Crippen LogP contribution is -2.39. The van der Waals surface area contributed by atoms with Gasteiger partial charge in [0.05, 0.1) is 17.3 Å². The highest BCUT2D eigenvalue weighted by molar-refractivity contribution is 6.30. The molecular weight excluding hydrogens is 240 g/mol. The highest BCUT2D eigenvalue weighted by Crippen LogP contribution is 2.21. The second-order valence-corrected chi connectivity index (χ2v) is 4.58. The van der Waals surface area contributed by atoms with Crippen molar-refractivity contribution in [2.24, 2.45) is 0 Å². The molecule has 94 valence electrons. The predicted octanol–water partition coefficient (Wildman–Crippen LogP) is 1.28. The Morgan fingerprint density at radius 3 is 2.82 bits per heavy atom. The van der Waals surface area contributed by atoms with Crippen LogP contribution in [0.2, 0.25) is 5.02 Å². The molecule has 0 aliphatic carbocycles. The molecule has 1 aromatic rings. The van der Waals surface area contributed by atoms with Crippen molar-refractivity contribution < 1.29 is 4.79 Å². The van der Waals surface area contributed by atoms with E-state index in [4.69, 9.17) is 17.3 Å². The van der Waals surface area contributed by atoms with Crippen LogP contribution in [0.3, 0.4) is 0 Å². The largest absolute Gasteiger partial charge is 0.396 e. The van der Waals surface area contributed by atoms with Gasteiger partial charge in [0.15, 0.2) is 5.82 Å². The van der Waals surface area contributed by atoms with Crippen molar-refractivity contribution in [3.05, 3.63) is 17.3 Å². The molecule has 0 spiro atoms. The first kappa shape index (κ1) is 13.6. The van der Waals surface area contributed by atoms with Gasteiger partial charge in [-0.1, -0.05) is 11.6 Å². The first-order valence-electron chi connectivity index (χ1n) is 5.31. The molecule has 0 bridgehead atoms. The van der Waals surface area contributed by atoms with Gasteiger partial charge in [0.25, 0.3) is 0 Å². The van der Waals surface area contributed by atoms with Crippen molar-refractivity contribution in [3.63, 3.8) is 0 Å². The van der Waals surface area contributed by atoms with Crippen molar-refractivity contribution in [2.45, 2.75) is 19.9 Å². The SMILES string of the molecule is CC(C)NC(=O)CN(C)c1ncc(Cl)cc1N. The Kier molecular flexibility index (Phi) is 4.57. The van der Waals surface area contributed by atoms with E-state index in [1.807, 2.05) is 13.8 Å². The van der Waals surface area contributed by atoms with Crippen molar-refractivity contribution in [3.8, 4) is 0 Å². The fourth-order valence-electron chi connectivity index (χ4n) is 1.42. The minimum atomic E-state index is -0.0707. The van der Waals surface area contributed by atoms with E-state index in [1.165, 1.54) is 6.20 Å². The second kappa shape index (κ2) is 5.72. The van der Waals surface area contributed by atoms with Gasteiger partial charge in [-0.2, -0.15) is 0 Å². The smallest absolute Gasteiger partial charge is 0.239 e. The monoisotopic (exact) mass is 256 g/mol. The Balaban J connectivity index is 2.69. The van der Waals surface area contributed by atoms with Crippen LogP contribution in [-0.4, -0.2) is 30.5 Å². The summed E-state index contributed by atoms with van der Waals surface area (Å²) in [6.07, 6.45) is 1.50. The van der Waals surface area contributed by atoms with Crippen molar-refractivity contribution in [2.75, 3.05) is 24.2 Å². The minimum Gasteiger partial charge on any atom is -0.396 e. The Morgan fingerprint density at radius 1 is 1.65 bits per heavy atom. The van der Waals surface area contributed by atoms with Gasteiger partial charge in [0.2, 0.25) is 5.91 Å². The highest BCUT2D eigenvalue weighted by atomic mass is 35.5. The van der Waals surface area contributed by atoms with Crippen LogP contribution >= 0.6 is 11.6 Å². The number of hydrogen-bond acceptors (Lipinski definition) is 4. The number of aromatic nitrogens is 1. The molecule has 0 saturated carbocycles. The molecule has 0 saturated heterocycles. The first-order valence-corrected chi connectivity index (χ1v) is 5.69. The molecule has 5 nitrogen and oxygen atoms in total. The fourth-order valence-corrected chi connectivity index (χ4v) is 1.59. The van der Waals surface area contributed by atoms with E-state index in [0.29, 0.717) is 16.5 Å². The van der Waals surface area contributed by atoms with Crippen LogP contribution in [0.4, 0.5) is 11.5 Å². The van der Waals surface area contributed by atoms with Gasteiger partial charge in [-0.05, 0) is 19.9 Å². The summed E-state index contributed by atoms with van der Waals surface area (Å²) in [4.78, 5) is 17.4. The van der Waals surface area contributed by atoms with Crippen molar-refractivity contribution in [1.82, 2.24) is 10.3 Å². The molecule has 17 heavy (non-hydrogen) atoms. The summed E-state index contributed by atoms with van der Waals surface area (Å²) >= 11 is 5.76. The second-order valence-electron chi connectivity index (χ2n) is 4.14. The Hall–Kier alpha value is -1.49. The number of carbonyl (C=O) groups excluding carboxylic acids is 1. The molecule has 0 unspecified atom stereocenters. The maximum absolute atomic E-state index is 11.6. The van der Waals surface area contributed by atoms with E-state index < -0.39 is 0 Å². The van der Waals surface area contributed by atoms with Gasteiger partial charge in [0, 0.05) is 19.3 Å². The van der Waals surface area contributed by atoms with E-state index in [9.17, 15) is 4.79 Å². The average Bonchev–Trinajstić information content (AvgIpc) is 2.15. The van der Waals surface area contributed by atoms with Crippen LogP contribution in [0.25, 0.3) is 0 Å². The molecule has 6 heteroatoms. The van der Waals surface area contributed by atoms with Crippen molar-refractivity contribution >= 4 is 29.0 Å². The number of nitrogens with one attached hydrogen (secondary N) is 1. The summed E-state index contributed by atoms with van der Waals surface area (Å²) < 4.78 is 0. The number of likely N-dealkylation sites (N-methyl/N-ethyl adjacent to an activating group) is 1. The summed E-state index contributed by atoms with van der Waals surface area (Å²) in [7, 11) is 1.76. The molecule has 3 N–H and O–H groups in total. The standard InChI is InChI=1S/C11H17ClN4O/c1-7(2)15-10(17)6-16(3)11-9(13)4-8(12)5-14-11/h4-5,7H,6,13H2,1-3H3,(H,15,17). The van der Waals surface area contributed by atoms with Crippen LogP contribution in [0.15, 0.2) is 12.3 Å². The molecule has 0 atom stereocenters. The first-order chi connectivity index (χ1) is 7.90. The maximum Gasteiger partial charge on any atom is 0.239 e. The van der Waals surface area contributed by atoms with Gasteiger partial charge in [-0.25, -0.2) is 4.98 Å². The third kappa shape index (κ3) is 4.11. The number of nitrogen functional groups attached to an aromatic ring is 1. The van der Waals surface area contributed by atoms with Crippen LogP contribution in [0, 0.1) is 0 Å². The number of anilines is 2. The van der Waals surface area contributed by atoms with Gasteiger partial charge >= 0.3 is 0 Å². The zero-order valence-electron chi connectivity index (χ0n) is 10.2. The van der Waals surface area contributed by atoms with Crippen LogP contribution in [0.1, 0.15) is 13.8 Å². The normalized spacial score (nSPS) is 10.4. The summed E-state index contributed by atoms with van der Waals surface area (Å²) in [6, 6.07) is 1.73. The number of nitrogens with zero attached hydrogens (tertiary/aromatic N) is 2. The van der Waals surface area contributed by atoms with Crippen molar-refractivity contribution in [1.29, 1.82) is 0 Å². The topological polar surface area (TPSA) is 71.2 Å². The van der Waals surface area contributed by atoms with Gasteiger partial charge in [-0.15, -0.1) is 0 Å². The van der Waals surface area contributed by atoms with Gasteiger partial charge in [-0.3, -0.25) is 4.79 Å². The molecule has 0 radical (unpaired) electrons. The minimum absolute atomic E-state index is 0.0707. The van der Waals surface area contributed by atoms with E-state index in [-0.39, 0.29) is 18.5 Å². The number of pyridine rings is 1. The zero-order valence-corrected chi connectivity index (χ0v) is 11.0. The van der Waals surface area contributed by atoms with Gasteiger partial charge < -0.3 is 16.0 Å². The van der Waals surface area contributed by atoms with Crippen LogP contribution in [-0.2, 0) is 4.79 Å². The summed E-state index contributed by atoms with van der Waals surface area (Å²) in [5.74, 6) is 0.479. The molecule has 1 aromatic heterocycles. The number of nitrogens with two attached hydrogens (primary N) is 1. The van der Waals surface area contributed by atoms with E-state index in [0.717, 1.165) is 0 Å². The Bertz CT molecular complexity index is 408. The lowest BCUT2D eigenvalue weighted by molar-refractivity contribution is -0.120. The molecule has 0 aliphatic rings. The van der Waals surface area contributed by atoms with Crippen LogP contribution in [0.5, 0.6) is 0 Å². The molecule has 1 rings (SSSR count). The number of amides is 1. The molecule has 1 heterocycles. The highest BCUT2D eigenvalue weighted by Gasteiger charge is 2.12. The maximum atomic E-state index is 11.6. The predicted molar refractivity (Wildman–Crippen MR) is 70.2 cm³/mol. The Morgan fingerprint density at radius 2 is 2.29 bits per heavy atom. The average molecular weight is 257 g/mol. The van der Waals surface area contributed by atoms with Crippen LogP contribution < -0.4 is 16.0 Å². The zero-order chi connectivity index (χ0) is 13.0. The number of rotatable bonds is 4. The quantitative estimate of drug-likeness (QED) is 0.851. The summed E-state index contributed by atoms with van der Waals surface area (Å²) in [5.41, 5.74) is 6.23. The summed E-state index contributed by atoms with van der Waals surface area (Å²) in [5, 5.41) is 3.28.